The average molecular weight is 994 g/mol. The first-order valence-corrected chi connectivity index (χ1v) is 30.8. The number of unbranched alkanes of at least 4 members (excludes halogenated alkanes) is 35. The molecule has 0 saturated carbocycles. The fourth-order valence-corrected chi connectivity index (χ4v) is 8.84. The Bertz CT molecular complexity index is 1280. The predicted octanol–water partition coefficient (Wildman–Crippen LogP) is 20.8. The highest BCUT2D eigenvalue weighted by molar-refractivity contribution is 5.71. The summed E-state index contributed by atoms with van der Waals surface area (Å²) in [5.74, 6) is -0.946. The standard InChI is InChI=1S/C65H116O6/c1-4-7-10-13-16-19-22-25-28-30-31-32-33-35-37-40-43-46-49-52-55-58-64(67)70-61-62(60-69-63(66)57-54-51-48-45-42-39-36-27-24-21-18-15-12-9-6-3)71-65(68)59-56-53-50-47-44-41-38-34-29-26-23-20-17-14-11-8-5-2/h17,20,26-27,29,36,38,41,47,50,62H,4-16,18-19,21-25,28,30-35,37,39-40,42-46,48-49,51-61H2,1-3H3/b20-17-,29-26-,36-27-,41-38-,50-47-/t62-/m1/s1. The Hall–Kier alpha value is -2.89. The minimum atomic E-state index is -0.805. The largest absolute Gasteiger partial charge is 0.462 e. The van der Waals surface area contributed by atoms with E-state index in [2.05, 4.69) is 81.5 Å². The van der Waals surface area contributed by atoms with Gasteiger partial charge in [0.2, 0.25) is 0 Å². The van der Waals surface area contributed by atoms with Crippen LogP contribution in [0.15, 0.2) is 60.8 Å². The van der Waals surface area contributed by atoms with E-state index in [0.717, 1.165) is 70.6 Å². The van der Waals surface area contributed by atoms with Crippen molar-refractivity contribution in [3.8, 4) is 0 Å². The smallest absolute Gasteiger partial charge is 0.306 e. The van der Waals surface area contributed by atoms with Gasteiger partial charge in [0.1, 0.15) is 13.2 Å². The summed E-state index contributed by atoms with van der Waals surface area (Å²) in [5, 5.41) is 0. The molecule has 0 bridgehead atoms. The van der Waals surface area contributed by atoms with Crippen molar-refractivity contribution in [3.05, 3.63) is 60.8 Å². The van der Waals surface area contributed by atoms with Gasteiger partial charge in [-0.3, -0.25) is 14.4 Å². The molecule has 0 aromatic heterocycles. The maximum atomic E-state index is 12.9. The number of carbonyl (C=O) groups is 3. The summed E-state index contributed by atoms with van der Waals surface area (Å²) >= 11 is 0. The highest BCUT2D eigenvalue weighted by Gasteiger charge is 2.19. The van der Waals surface area contributed by atoms with Crippen LogP contribution in [0.3, 0.4) is 0 Å². The Morgan fingerprint density at radius 2 is 0.521 bits per heavy atom. The molecule has 0 aromatic rings. The van der Waals surface area contributed by atoms with Crippen LogP contribution in [0.1, 0.15) is 316 Å². The topological polar surface area (TPSA) is 78.9 Å². The second-order valence-corrected chi connectivity index (χ2v) is 20.6. The predicted molar refractivity (Wildman–Crippen MR) is 307 cm³/mol. The van der Waals surface area contributed by atoms with E-state index in [4.69, 9.17) is 14.2 Å². The van der Waals surface area contributed by atoms with E-state index in [1.807, 2.05) is 0 Å². The van der Waals surface area contributed by atoms with Gasteiger partial charge >= 0.3 is 17.9 Å². The molecule has 412 valence electrons. The lowest BCUT2D eigenvalue weighted by Crippen LogP contribution is -2.30. The first kappa shape index (κ1) is 68.1. The van der Waals surface area contributed by atoms with Gasteiger partial charge in [0.25, 0.3) is 0 Å². The van der Waals surface area contributed by atoms with E-state index in [0.29, 0.717) is 19.3 Å². The van der Waals surface area contributed by atoms with Crippen molar-refractivity contribution in [2.75, 3.05) is 13.2 Å². The van der Waals surface area contributed by atoms with Crippen molar-refractivity contribution in [1.29, 1.82) is 0 Å². The number of ether oxygens (including phenoxy) is 3. The van der Waals surface area contributed by atoms with Gasteiger partial charge in [0.15, 0.2) is 6.10 Å². The van der Waals surface area contributed by atoms with Crippen LogP contribution in [0, 0.1) is 0 Å². The number of hydrogen-bond acceptors (Lipinski definition) is 6. The van der Waals surface area contributed by atoms with E-state index in [-0.39, 0.29) is 37.5 Å². The maximum absolute atomic E-state index is 12.9. The first-order valence-electron chi connectivity index (χ1n) is 30.8. The van der Waals surface area contributed by atoms with E-state index in [9.17, 15) is 14.4 Å². The third-order valence-electron chi connectivity index (χ3n) is 13.5. The van der Waals surface area contributed by atoms with Gasteiger partial charge in [-0.15, -0.1) is 0 Å². The third kappa shape index (κ3) is 57.9. The summed E-state index contributed by atoms with van der Waals surface area (Å²) < 4.78 is 16.9. The molecule has 0 spiro atoms. The van der Waals surface area contributed by atoms with Gasteiger partial charge in [-0.1, -0.05) is 274 Å². The number of rotatable bonds is 56. The van der Waals surface area contributed by atoms with Crippen molar-refractivity contribution in [2.24, 2.45) is 0 Å². The van der Waals surface area contributed by atoms with Crippen LogP contribution in [0.5, 0.6) is 0 Å². The van der Waals surface area contributed by atoms with Crippen molar-refractivity contribution in [2.45, 2.75) is 322 Å². The van der Waals surface area contributed by atoms with Crippen molar-refractivity contribution >= 4 is 17.9 Å². The molecule has 0 aliphatic carbocycles. The molecule has 6 heteroatoms. The summed E-state index contributed by atoms with van der Waals surface area (Å²) in [4.78, 5) is 38.2. The van der Waals surface area contributed by atoms with E-state index >= 15 is 0 Å². The third-order valence-corrected chi connectivity index (χ3v) is 13.5. The van der Waals surface area contributed by atoms with Gasteiger partial charge < -0.3 is 14.2 Å². The Kier molecular flexibility index (Phi) is 57.2. The first-order chi connectivity index (χ1) is 35.0. The second-order valence-electron chi connectivity index (χ2n) is 20.6. The molecule has 0 amide bonds. The summed E-state index contributed by atoms with van der Waals surface area (Å²) in [6, 6.07) is 0. The molecular formula is C65H116O6. The molecule has 0 N–H and O–H groups in total. The fourth-order valence-electron chi connectivity index (χ4n) is 8.84. The molecule has 0 heterocycles. The van der Waals surface area contributed by atoms with E-state index in [1.165, 1.54) is 199 Å². The van der Waals surface area contributed by atoms with Crippen molar-refractivity contribution in [1.82, 2.24) is 0 Å². The van der Waals surface area contributed by atoms with Gasteiger partial charge in [0, 0.05) is 19.3 Å². The second kappa shape index (κ2) is 59.7. The van der Waals surface area contributed by atoms with Gasteiger partial charge in [0.05, 0.1) is 0 Å². The molecule has 0 aliphatic rings. The van der Waals surface area contributed by atoms with E-state index in [1.54, 1.807) is 0 Å². The van der Waals surface area contributed by atoms with Crippen LogP contribution < -0.4 is 0 Å². The highest BCUT2D eigenvalue weighted by Crippen LogP contribution is 2.17. The van der Waals surface area contributed by atoms with Gasteiger partial charge in [-0.2, -0.15) is 0 Å². The highest BCUT2D eigenvalue weighted by atomic mass is 16.6. The molecule has 0 saturated heterocycles. The molecule has 71 heavy (non-hydrogen) atoms. The Balaban J connectivity index is 4.40. The average Bonchev–Trinajstić information content (AvgIpc) is 3.37. The zero-order valence-electron chi connectivity index (χ0n) is 47.2. The SMILES string of the molecule is CCCCC/C=C\C/C=C\C/C=C\C/C=C\CCCC(=O)O[C@H](COC(=O)CCCCCCC/C=C\CCCCCCCC)COC(=O)CCCCCCCCCCCCCCCCCCCCCCC. The van der Waals surface area contributed by atoms with Crippen molar-refractivity contribution < 1.29 is 28.6 Å². The fraction of sp³-hybridized carbons (Fsp3) is 0.800. The maximum Gasteiger partial charge on any atom is 0.306 e. The molecule has 0 aliphatic heterocycles. The summed E-state index contributed by atoms with van der Waals surface area (Å²) in [7, 11) is 0. The number of carbonyl (C=O) groups excluding carboxylic acids is 3. The van der Waals surface area contributed by atoms with Crippen LogP contribution in [0.25, 0.3) is 0 Å². The van der Waals surface area contributed by atoms with Crippen LogP contribution >= 0.6 is 0 Å². The zero-order chi connectivity index (χ0) is 51.4. The zero-order valence-corrected chi connectivity index (χ0v) is 47.2. The summed E-state index contributed by atoms with van der Waals surface area (Å²) in [6.07, 6.45) is 75.1. The number of esters is 3. The molecule has 0 rings (SSSR count). The number of hydrogen-bond donors (Lipinski definition) is 0. The molecule has 6 nitrogen and oxygen atoms in total. The van der Waals surface area contributed by atoms with Gasteiger partial charge in [-0.05, 0) is 83.5 Å². The lowest BCUT2D eigenvalue weighted by molar-refractivity contribution is -0.167. The Morgan fingerprint density at radius 3 is 0.873 bits per heavy atom. The van der Waals surface area contributed by atoms with E-state index < -0.39 is 6.10 Å². The molecule has 0 aromatic carbocycles. The minimum Gasteiger partial charge on any atom is -0.462 e. The number of allylic oxidation sites excluding steroid dienone is 10. The summed E-state index contributed by atoms with van der Waals surface area (Å²) in [5.41, 5.74) is 0. The quantitative estimate of drug-likeness (QED) is 0.0261. The molecule has 1 atom stereocenters. The summed E-state index contributed by atoms with van der Waals surface area (Å²) in [6.45, 7) is 6.60. The van der Waals surface area contributed by atoms with Crippen molar-refractivity contribution in [3.63, 3.8) is 0 Å². The lowest BCUT2D eigenvalue weighted by atomic mass is 10.0. The molecule has 0 radical (unpaired) electrons. The van der Waals surface area contributed by atoms with Crippen LogP contribution in [0.2, 0.25) is 0 Å². The minimum absolute atomic E-state index is 0.0955. The van der Waals surface area contributed by atoms with Crippen LogP contribution in [-0.4, -0.2) is 37.2 Å². The molecular weight excluding hydrogens is 877 g/mol. The molecule has 0 unspecified atom stereocenters. The van der Waals surface area contributed by atoms with Gasteiger partial charge in [-0.25, -0.2) is 0 Å². The normalized spacial score (nSPS) is 12.4. The molecule has 0 fully saturated rings. The Morgan fingerprint density at radius 1 is 0.282 bits per heavy atom. The van der Waals surface area contributed by atoms with Crippen LogP contribution in [0.4, 0.5) is 0 Å². The van der Waals surface area contributed by atoms with Crippen LogP contribution in [-0.2, 0) is 28.6 Å². The Labute approximate surface area is 440 Å². The lowest BCUT2D eigenvalue weighted by Gasteiger charge is -2.18. The monoisotopic (exact) mass is 993 g/mol.